The van der Waals surface area contributed by atoms with Crippen molar-refractivity contribution in [1.29, 1.82) is 0 Å². The second kappa shape index (κ2) is 2.73. The third kappa shape index (κ3) is 0.959. The number of hydrogen-bond donors (Lipinski definition) is 1. The third-order valence-electron chi connectivity index (χ3n) is 3.14. The van der Waals surface area contributed by atoms with Crippen molar-refractivity contribution >= 4 is 5.97 Å². The van der Waals surface area contributed by atoms with Gasteiger partial charge >= 0.3 is 5.97 Å². The van der Waals surface area contributed by atoms with Crippen molar-refractivity contribution in [3.05, 3.63) is 0 Å². The summed E-state index contributed by atoms with van der Waals surface area (Å²) in [5.41, 5.74) is 0.298. The van der Waals surface area contributed by atoms with Crippen molar-refractivity contribution in [2.24, 2.45) is 5.41 Å². The minimum absolute atomic E-state index is 0.00574. The molecule has 0 aromatic rings. The molecule has 1 aliphatic carbocycles. The van der Waals surface area contributed by atoms with Crippen LogP contribution in [0, 0.1) is 5.41 Å². The predicted molar refractivity (Wildman–Crippen MR) is 44.7 cm³/mol. The van der Waals surface area contributed by atoms with E-state index in [9.17, 15) is 4.79 Å². The maximum Gasteiger partial charge on any atom is 0.323 e. The molecule has 1 saturated heterocycles. The van der Waals surface area contributed by atoms with Gasteiger partial charge in [-0.05, 0) is 19.8 Å². The maximum absolute atomic E-state index is 11.3. The highest BCUT2D eigenvalue weighted by atomic mass is 16.5. The Kier molecular flexibility index (Phi) is 1.83. The van der Waals surface area contributed by atoms with Gasteiger partial charge in [-0.25, -0.2) is 0 Å². The molecule has 68 valence electrons. The summed E-state index contributed by atoms with van der Waals surface area (Å²) in [5.74, 6) is -0.0524. The van der Waals surface area contributed by atoms with Gasteiger partial charge in [-0.2, -0.15) is 0 Å². The van der Waals surface area contributed by atoms with E-state index >= 15 is 0 Å². The number of esters is 1. The Morgan fingerprint density at radius 3 is 2.75 bits per heavy atom. The Balaban J connectivity index is 1.92. The number of hydrogen-bond acceptors (Lipinski definition) is 3. The Morgan fingerprint density at radius 2 is 2.42 bits per heavy atom. The van der Waals surface area contributed by atoms with Crippen molar-refractivity contribution in [3.8, 4) is 0 Å². The van der Waals surface area contributed by atoms with E-state index in [-0.39, 0.29) is 12.0 Å². The average Bonchev–Trinajstić information content (AvgIpc) is 1.81. The van der Waals surface area contributed by atoms with Crippen LogP contribution in [0.15, 0.2) is 0 Å². The van der Waals surface area contributed by atoms with Crippen molar-refractivity contribution < 1.29 is 9.53 Å². The van der Waals surface area contributed by atoms with Gasteiger partial charge in [-0.15, -0.1) is 0 Å². The molecular formula is C9H15NO2. The van der Waals surface area contributed by atoms with E-state index < -0.39 is 0 Å². The molecule has 2 rings (SSSR count). The fourth-order valence-electron chi connectivity index (χ4n) is 2.15. The van der Waals surface area contributed by atoms with Crippen LogP contribution in [-0.2, 0) is 9.53 Å². The van der Waals surface area contributed by atoms with Crippen LogP contribution in [0.4, 0.5) is 0 Å². The summed E-state index contributed by atoms with van der Waals surface area (Å²) in [7, 11) is 0. The van der Waals surface area contributed by atoms with Crippen molar-refractivity contribution in [3.63, 3.8) is 0 Å². The quantitative estimate of drug-likeness (QED) is 0.618. The van der Waals surface area contributed by atoms with Crippen LogP contribution < -0.4 is 5.32 Å². The fourth-order valence-corrected chi connectivity index (χ4v) is 2.15. The fraction of sp³-hybridized carbons (Fsp3) is 0.889. The monoisotopic (exact) mass is 169 g/mol. The zero-order valence-corrected chi connectivity index (χ0v) is 7.43. The van der Waals surface area contributed by atoms with E-state index in [0.29, 0.717) is 12.0 Å². The molecule has 12 heavy (non-hydrogen) atoms. The van der Waals surface area contributed by atoms with E-state index in [2.05, 4.69) is 5.32 Å². The predicted octanol–water partition coefficient (Wildman–Crippen LogP) is 0.692. The summed E-state index contributed by atoms with van der Waals surface area (Å²) in [6, 6.07) is 0.00574. The van der Waals surface area contributed by atoms with Crippen LogP contribution in [-0.4, -0.2) is 25.2 Å². The summed E-state index contributed by atoms with van der Waals surface area (Å²) >= 11 is 0. The van der Waals surface area contributed by atoms with E-state index in [1.165, 1.54) is 19.3 Å². The second-order valence-corrected chi connectivity index (χ2v) is 3.78. The normalized spacial score (nSPS) is 30.6. The van der Waals surface area contributed by atoms with Gasteiger partial charge in [0.15, 0.2) is 0 Å². The molecule has 2 aliphatic rings. The van der Waals surface area contributed by atoms with Crippen molar-refractivity contribution in [1.82, 2.24) is 5.32 Å². The largest absolute Gasteiger partial charge is 0.465 e. The smallest absolute Gasteiger partial charge is 0.323 e. The van der Waals surface area contributed by atoms with Gasteiger partial charge < -0.3 is 10.1 Å². The first-order valence-electron chi connectivity index (χ1n) is 4.68. The highest BCUT2D eigenvalue weighted by molar-refractivity contribution is 5.78. The molecule has 1 saturated carbocycles. The van der Waals surface area contributed by atoms with E-state index in [0.717, 1.165) is 6.54 Å². The first-order valence-corrected chi connectivity index (χ1v) is 4.68. The number of rotatable bonds is 2. The molecule has 1 aliphatic heterocycles. The minimum atomic E-state index is -0.0524. The number of carbonyl (C=O) groups excluding carboxylic acids is 1. The highest BCUT2D eigenvalue weighted by Crippen LogP contribution is 2.48. The Hall–Kier alpha value is -0.570. The molecular weight excluding hydrogens is 154 g/mol. The molecule has 0 radical (unpaired) electrons. The molecule has 0 bridgehead atoms. The molecule has 1 unspecified atom stereocenters. The third-order valence-corrected chi connectivity index (χ3v) is 3.14. The lowest BCUT2D eigenvalue weighted by Crippen LogP contribution is -2.68. The van der Waals surface area contributed by atoms with Crippen LogP contribution in [0.1, 0.15) is 26.2 Å². The Bertz CT molecular complexity index is 193. The summed E-state index contributed by atoms with van der Waals surface area (Å²) in [6.45, 7) is 3.35. The summed E-state index contributed by atoms with van der Waals surface area (Å²) in [5, 5.41) is 3.15. The van der Waals surface area contributed by atoms with Gasteiger partial charge in [0, 0.05) is 12.0 Å². The highest BCUT2D eigenvalue weighted by Gasteiger charge is 2.54. The molecule has 1 heterocycles. The van der Waals surface area contributed by atoms with Gasteiger partial charge in [0.1, 0.15) is 6.04 Å². The Labute approximate surface area is 72.5 Å². The number of ether oxygens (including phenoxy) is 1. The zero-order chi connectivity index (χ0) is 8.60. The van der Waals surface area contributed by atoms with Crippen molar-refractivity contribution in [2.45, 2.75) is 32.2 Å². The minimum Gasteiger partial charge on any atom is -0.465 e. The van der Waals surface area contributed by atoms with Gasteiger partial charge in [0.25, 0.3) is 0 Å². The molecule has 0 aromatic carbocycles. The van der Waals surface area contributed by atoms with Gasteiger partial charge in [0.05, 0.1) is 6.61 Å². The van der Waals surface area contributed by atoms with Crippen molar-refractivity contribution in [2.75, 3.05) is 13.2 Å². The van der Waals surface area contributed by atoms with Gasteiger partial charge in [-0.1, -0.05) is 6.42 Å². The topological polar surface area (TPSA) is 38.3 Å². The van der Waals surface area contributed by atoms with E-state index in [1.54, 1.807) is 0 Å². The molecule has 1 N–H and O–H groups in total. The molecule has 1 atom stereocenters. The first-order chi connectivity index (χ1) is 5.78. The van der Waals surface area contributed by atoms with Crippen LogP contribution in [0.5, 0.6) is 0 Å². The Morgan fingerprint density at radius 1 is 1.67 bits per heavy atom. The molecule has 0 amide bonds. The molecule has 2 fully saturated rings. The van der Waals surface area contributed by atoms with Crippen LogP contribution >= 0.6 is 0 Å². The van der Waals surface area contributed by atoms with E-state index in [1.807, 2.05) is 6.92 Å². The summed E-state index contributed by atoms with van der Waals surface area (Å²) in [6.07, 6.45) is 3.67. The molecule has 0 aromatic heterocycles. The number of nitrogens with one attached hydrogen (secondary N) is 1. The lowest BCUT2D eigenvalue weighted by Gasteiger charge is -2.54. The summed E-state index contributed by atoms with van der Waals surface area (Å²) in [4.78, 5) is 11.3. The summed E-state index contributed by atoms with van der Waals surface area (Å²) < 4.78 is 4.98. The molecule has 3 nitrogen and oxygen atoms in total. The van der Waals surface area contributed by atoms with Crippen LogP contribution in [0.3, 0.4) is 0 Å². The van der Waals surface area contributed by atoms with Crippen LogP contribution in [0.2, 0.25) is 0 Å². The average molecular weight is 169 g/mol. The molecule has 1 spiro atoms. The second-order valence-electron chi connectivity index (χ2n) is 3.78. The first kappa shape index (κ1) is 8.05. The lowest BCUT2D eigenvalue weighted by molar-refractivity contribution is -0.158. The zero-order valence-electron chi connectivity index (χ0n) is 7.43. The SMILES string of the molecule is CCOC(=O)C1NCC12CCC2. The molecule has 3 heteroatoms. The van der Waals surface area contributed by atoms with Gasteiger partial charge in [0.2, 0.25) is 0 Å². The maximum atomic E-state index is 11.3. The van der Waals surface area contributed by atoms with E-state index in [4.69, 9.17) is 4.74 Å². The van der Waals surface area contributed by atoms with Crippen LogP contribution in [0.25, 0.3) is 0 Å². The lowest BCUT2D eigenvalue weighted by atomic mass is 9.59. The van der Waals surface area contributed by atoms with Gasteiger partial charge in [-0.3, -0.25) is 4.79 Å². The number of carbonyl (C=O) groups is 1. The standard InChI is InChI=1S/C9H15NO2/c1-2-12-8(11)7-9(6-10-7)4-3-5-9/h7,10H,2-6H2,1H3.